The van der Waals surface area contributed by atoms with Crippen LogP contribution < -0.4 is 5.32 Å². The van der Waals surface area contributed by atoms with E-state index < -0.39 is 40.8 Å². The van der Waals surface area contributed by atoms with Crippen molar-refractivity contribution in [2.24, 2.45) is 0 Å². The number of esters is 1. The second-order valence-corrected chi connectivity index (χ2v) is 4.98. The number of ether oxygens (including phenoxy) is 1. The van der Waals surface area contributed by atoms with E-state index in [1.165, 1.54) is 18.2 Å². The van der Waals surface area contributed by atoms with Crippen molar-refractivity contribution < 1.29 is 32.4 Å². The fourth-order valence-electron chi connectivity index (χ4n) is 1.98. The molecule has 0 bridgehead atoms. The zero-order chi connectivity index (χ0) is 19.3. The molecule has 2 rings (SSSR count). The number of rotatable bonds is 5. The smallest absolute Gasteiger partial charge is 0.416 e. The monoisotopic (exact) mass is 368 g/mol. The first-order chi connectivity index (χ1) is 12.2. The van der Waals surface area contributed by atoms with Crippen molar-refractivity contribution >= 4 is 23.3 Å². The zero-order valence-electron chi connectivity index (χ0n) is 12.9. The summed E-state index contributed by atoms with van der Waals surface area (Å²) < 4.78 is 42.5. The van der Waals surface area contributed by atoms with Gasteiger partial charge in [0.05, 0.1) is 10.5 Å². The summed E-state index contributed by atoms with van der Waals surface area (Å²) in [5.41, 5.74) is -1.92. The molecule has 0 spiro atoms. The minimum absolute atomic E-state index is 0.133. The Morgan fingerprint density at radius 1 is 1.12 bits per heavy atom. The highest BCUT2D eigenvalue weighted by atomic mass is 19.4. The summed E-state index contributed by atoms with van der Waals surface area (Å²) in [6.07, 6.45) is -4.57. The molecule has 0 aromatic heterocycles. The van der Waals surface area contributed by atoms with Crippen LogP contribution in [-0.4, -0.2) is 23.4 Å². The number of nitrogens with zero attached hydrogens (tertiary/aromatic N) is 1. The molecule has 0 heterocycles. The van der Waals surface area contributed by atoms with Crippen LogP contribution in [0.1, 0.15) is 15.9 Å². The van der Waals surface area contributed by atoms with Crippen molar-refractivity contribution in [3.63, 3.8) is 0 Å². The number of anilines is 1. The van der Waals surface area contributed by atoms with Gasteiger partial charge in [0.2, 0.25) is 0 Å². The number of amides is 1. The quantitative estimate of drug-likeness (QED) is 0.495. The largest absolute Gasteiger partial charge is 0.452 e. The highest BCUT2D eigenvalue weighted by Gasteiger charge is 2.30. The lowest BCUT2D eigenvalue weighted by Gasteiger charge is -2.10. The lowest BCUT2D eigenvalue weighted by molar-refractivity contribution is -0.385. The molecule has 0 radical (unpaired) electrons. The van der Waals surface area contributed by atoms with E-state index in [4.69, 9.17) is 0 Å². The van der Waals surface area contributed by atoms with Crippen LogP contribution in [0.15, 0.2) is 48.5 Å². The van der Waals surface area contributed by atoms with E-state index >= 15 is 0 Å². The number of benzene rings is 2. The van der Waals surface area contributed by atoms with Gasteiger partial charge in [-0.05, 0) is 24.3 Å². The van der Waals surface area contributed by atoms with Crippen LogP contribution in [0.5, 0.6) is 0 Å². The molecule has 2 aromatic rings. The van der Waals surface area contributed by atoms with Crippen LogP contribution in [-0.2, 0) is 15.7 Å². The minimum Gasteiger partial charge on any atom is -0.452 e. The predicted octanol–water partition coefficient (Wildman–Crippen LogP) is 3.41. The van der Waals surface area contributed by atoms with Gasteiger partial charge in [0.1, 0.15) is 5.56 Å². The van der Waals surface area contributed by atoms with Crippen LogP contribution >= 0.6 is 0 Å². The van der Waals surface area contributed by atoms with Crippen LogP contribution in [0.4, 0.5) is 24.5 Å². The van der Waals surface area contributed by atoms with Gasteiger partial charge >= 0.3 is 12.1 Å². The van der Waals surface area contributed by atoms with Crippen LogP contribution in [0.25, 0.3) is 0 Å². The number of carbonyl (C=O) groups excluding carboxylic acids is 2. The number of halogens is 3. The summed E-state index contributed by atoms with van der Waals surface area (Å²) in [4.78, 5) is 33.6. The molecule has 26 heavy (non-hydrogen) atoms. The van der Waals surface area contributed by atoms with Gasteiger partial charge in [0, 0.05) is 11.8 Å². The zero-order valence-corrected chi connectivity index (χ0v) is 12.9. The Morgan fingerprint density at radius 3 is 2.46 bits per heavy atom. The van der Waals surface area contributed by atoms with Crippen molar-refractivity contribution in [1.82, 2.24) is 0 Å². The van der Waals surface area contributed by atoms with E-state index in [2.05, 4.69) is 10.1 Å². The Hall–Kier alpha value is -3.43. The average Bonchev–Trinajstić information content (AvgIpc) is 2.59. The van der Waals surface area contributed by atoms with Gasteiger partial charge in [-0.25, -0.2) is 4.79 Å². The molecule has 1 N–H and O–H groups in total. The van der Waals surface area contributed by atoms with Gasteiger partial charge in [-0.15, -0.1) is 0 Å². The van der Waals surface area contributed by atoms with Gasteiger partial charge in [-0.2, -0.15) is 13.2 Å². The third-order valence-electron chi connectivity index (χ3n) is 3.13. The Kier molecular flexibility index (Phi) is 5.55. The fraction of sp³-hybridized carbons (Fsp3) is 0.125. The van der Waals surface area contributed by atoms with Gasteiger partial charge in [-0.1, -0.05) is 18.2 Å². The molecule has 0 aliphatic heterocycles. The number of para-hydroxylation sites is 1. The number of nitrogens with one attached hydrogen (secondary N) is 1. The molecule has 0 fully saturated rings. The van der Waals surface area contributed by atoms with Crippen molar-refractivity contribution in [3.8, 4) is 0 Å². The van der Waals surface area contributed by atoms with E-state index in [-0.39, 0.29) is 11.3 Å². The lowest BCUT2D eigenvalue weighted by Crippen LogP contribution is -2.21. The number of hydrogen-bond acceptors (Lipinski definition) is 5. The SMILES string of the molecule is O=C(COC(=O)c1ccccc1[N+](=O)[O-])Nc1cccc(C(F)(F)F)c1. The molecular formula is C16H11F3N2O5. The average molecular weight is 368 g/mol. The second-order valence-electron chi connectivity index (χ2n) is 4.98. The minimum atomic E-state index is -4.57. The third-order valence-corrected chi connectivity index (χ3v) is 3.13. The first-order valence-corrected chi connectivity index (χ1v) is 7.06. The molecule has 0 saturated heterocycles. The van der Waals surface area contributed by atoms with Crippen LogP contribution in [0.3, 0.4) is 0 Å². The van der Waals surface area contributed by atoms with Crippen LogP contribution in [0, 0.1) is 10.1 Å². The maximum atomic E-state index is 12.6. The highest BCUT2D eigenvalue weighted by molar-refractivity contribution is 5.97. The van der Waals surface area contributed by atoms with Crippen LogP contribution in [0.2, 0.25) is 0 Å². The number of alkyl halides is 3. The van der Waals surface area contributed by atoms with Crippen molar-refractivity contribution in [1.29, 1.82) is 0 Å². The molecule has 0 atom stereocenters. The number of hydrogen-bond donors (Lipinski definition) is 1. The number of nitro benzene ring substituents is 1. The number of carbonyl (C=O) groups is 2. The molecule has 136 valence electrons. The summed E-state index contributed by atoms with van der Waals surface area (Å²) in [7, 11) is 0. The molecule has 0 aliphatic rings. The molecule has 2 aromatic carbocycles. The maximum Gasteiger partial charge on any atom is 0.416 e. The van der Waals surface area contributed by atoms with Crippen molar-refractivity contribution in [2.75, 3.05) is 11.9 Å². The summed E-state index contributed by atoms with van der Waals surface area (Å²) >= 11 is 0. The van der Waals surface area contributed by atoms with Gasteiger partial charge in [0.15, 0.2) is 6.61 Å². The second kappa shape index (κ2) is 7.64. The van der Waals surface area contributed by atoms with E-state index in [1.807, 2.05) is 0 Å². The number of nitro groups is 1. The summed E-state index contributed by atoms with van der Waals surface area (Å²) in [5.74, 6) is -1.99. The fourth-order valence-corrected chi connectivity index (χ4v) is 1.98. The predicted molar refractivity (Wildman–Crippen MR) is 83.5 cm³/mol. The summed E-state index contributed by atoms with van der Waals surface area (Å²) in [6.45, 7) is -0.818. The van der Waals surface area contributed by atoms with Crippen molar-refractivity contribution in [3.05, 3.63) is 69.8 Å². The molecular weight excluding hydrogens is 357 g/mol. The van der Waals surface area contributed by atoms with E-state index in [0.29, 0.717) is 0 Å². The molecule has 10 heteroatoms. The Balaban J connectivity index is 1.99. The van der Waals surface area contributed by atoms with Gasteiger partial charge in [-0.3, -0.25) is 14.9 Å². The van der Waals surface area contributed by atoms with E-state index in [1.54, 1.807) is 0 Å². The summed E-state index contributed by atoms with van der Waals surface area (Å²) in [5, 5.41) is 13.0. The molecule has 7 nitrogen and oxygen atoms in total. The molecule has 0 saturated carbocycles. The molecule has 0 unspecified atom stereocenters. The first kappa shape index (κ1) is 18.9. The van der Waals surface area contributed by atoms with Crippen molar-refractivity contribution in [2.45, 2.75) is 6.18 Å². The normalized spacial score (nSPS) is 10.9. The van der Waals surface area contributed by atoms with E-state index in [0.717, 1.165) is 30.3 Å². The van der Waals surface area contributed by atoms with Gasteiger partial charge < -0.3 is 10.1 Å². The standard InChI is InChI=1S/C16H11F3N2O5/c17-16(18,19)10-4-3-5-11(8-10)20-14(22)9-26-15(23)12-6-1-2-7-13(12)21(24)25/h1-8H,9H2,(H,20,22). The highest BCUT2D eigenvalue weighted by Crippen LogP contribution is 2.30. The molecule has 1 amide bonds. The third kappa shape index (κ3) is 4.79. The maximum absolute atomic E-state index is 12.6. The Morgan fingerprint density at radius 2 is 1.81 bits per heavy atom. The Labute approximate surface area is 144 Å². The first-order valence-electron chi connectivity index (χ1n) is 7.06. The molecule has 0 aliphatic carbocycles. The van der Waals surface area contributed by atoms with Gasteiger partial charge in [0.25, 0.3) is 11.6 Å². The van der Waals surface area contributed by atoms with E-state index in [9.17, 15) is 32.9 Å². The lowest BCUT2D eigenvalue weighted by atomic mass is 10.2. The Bertz CT molecular complexity index is 852. The summed E-state index contributed by atoms with van der Waals surface area (Å²) in [6, 6.07) is 8.90. The topological polar surface area (TPSA) is 98.5 Å².